The lowest BCUT2D eigenvalue weighted by molar-refractivity contribution is -0.130. The van der Waals surface area contributed by atoms with Gasteiger partial charge in [-0.3, -0.25) is 13.9 Å². The lowest BCUT2D eigenvalue weighted by atomic mass is 10.3. The third kappa shape index (κ3) is 4.51. The largest absolute Gasteiger partial charge is 0.393 e. The van der Waals surface area contributed by atoms with Gasteiger partial charge >= 0.3 is 5.69 Å². The summed E-state index contributed by atoms with van der Waals surface area (Å²) in [6, 6.07) is 0. The number of thiocarbonyl (C=S) groups is 1. The number of imidazole rings is 1. The molecular weight excluding hydrogens is 264 g/mol. The zero-order valence-corrected chi connectivity index (χ0v) is 12.2. The molecule has 2 N–H and O–H groups in total. The van der Waals surface area contributed by atoms with Crippen LogP contribution in [0.25, 0.3) is 0 Å². The van der Waals surface area contributed by atoms with Crippen LogP contribution in [0, 0.1) is 0 Å². The molecule has 1 heterocycles. The molecule has 1 aromatic heterocycles. The first-order valence-corrected chi connectivity index (χ1v) is 6.64. The number of nitrogens with zero attached hydrogens (tertiary/aromatic N) is 3. The molecule has 0 saturated heterocycles. The van der Waals surface area contributed by atoms with E-state index < -0.39 is 0 Å². The van der Waals surface area contributed by atoms with Crippen molar-refractivity contribution < 1.29 is 4.79 Å². The molecular formula is C12H20N4O2S. The van der Waals surface area contributed by atoms with Gasteiger partial charge in [-0.1, -0.05) is 12.2 Å². The van der Waals surface area contributed by atoms with Gasteiger partial charge in [0.1, 0.15) is 0 Å². The first-order valence-electron chi connectivity index (χ1n) is 6.23. The number of hydrogen-bond acceptors (Lipinski definition) is 3. The fraction of sp³-hybridized carbons (Fsp3) is 0.583. The van der Waals surface area contributed by atoms with Crippen molar-refractivity contribution in [3.8, 4) is 0 Å². The first kappa shape index (κ1) is 15.4. The monoisotopic (exact) mass is 284 g/mol. The minimum atomic E-state index is -0.0823. The number of aryl methyl sites for hydroxylation is 2. The van der Waals surface area contributed by atoms with Crippen molar-refractivity contribution in [1.29, 1.82) is 0 Å². The van der Waals surface area contributed by atoms with Gasteiger partial charge in [0.2, 0.25) is 5.91 Å². The molecule has 1 amide bonds. The van der Waals surface area contributed by atoms with Gasteiger partial charge < -0.3 is 10.6 Å². The van der Waals surface area contributed by atoms with Crippen molar-refractivity contribution in [3.63, 3.8) is 0 Å². The van der Waals surface area contributed by atoms with Crippen molar-refractivity contribution in [2.75, 3.05) is 13.6 Å². The van der Waals surface area contributed by atoms with Crippen molar-refractivity contribution in [2.45, 2.75) is 32.9 Å². The highest BCUT2D eigenvalue weighted by molar-refractivity contribution is 7.80. The Morgan fingerprint density at radius 1 is 1.37 bits per heavy atom. The van der Waals surface area contributed by atoms with Crippen LogP contribution in [0.5, 0.6) is 0 Å². The highest BCUT2D eigenvalue weighted by Crippen LogP contribution is 1.96. The van der Waals surface area contributed by atoms with Gasteiger partial charge in [0.15, 0.2) is 0 Å². The molecule has 7 heteroatoms. The number of rotatable bonds is 7. The fourth-order valence-electron chi connectivity index (χ4n) is 1.67. The third-order valence-electron chi connectivity index (χ3n) is 2.94. The number of carbonyl (C=O) groups is 1. The summed E-state index contributed by atoms with van der Waals surface area (Å²) < 4.78 is 3.14. The number of aromatic nitrogens is 2. The van der Waals surface area contributed by atoms with Gasteiger partial charge in [-0.15, -0.1) is 0 Å². The Bertz CT molecular complexity index is 506. The molecule has 1 aromatic rings. The Hall–Kier alpha value is -1.63. The van der Waals surface area contributed by atoms with Gasteiger partial charge in [0.25, 0.3) is 0 Å². The van der Waals surface area contributed by atoms with E-state index in [2.05, 4.69) is 0 Å². The molecule has 0 saturated carbocycles. The van der Waals surface area contributed by atoms with Crippen molar-refractivity contribution in [1.82, 2.24) is 14.0 Å². The predicted molar refractivity (Wildman–Crippen MR) is 78.0 cm³/mol. The lowest BCUT2D eigenvalue weighted by Gasteiger charge is -2.16. The van der Waals surface area contributed by atoms with Crippen molar-refractivity contribution >= 4 is 23.1 Å². The molecule has 0 aromatic carbocycles. The molecule has 0 spiro atoms. The maximum absolute atomic E-state index is 11.8. The first-order chi connectivity index (χ1) is 8.95. The molecule has 6 nitrogen and oxygen atoms in total. The summed E-state index contributed by atoms with van der Waals surface area (Å²) in [5, 5.41) is 0. The molecule has 0 aliphatic rings. The van der Waals surface area contributed by atoms with Gasteiger partial charge in [0, 0.05) is 51.9 Å². The minimum absolute atomic E-state index is 0.0209. The average Bonchev–Trinajstić information content (AvgIpc) is 2.73. The van der Waals surface area contributed by atoms with E-state index in [4.69, 9.17) is 18.0 Å². The smallest absolute Gasteiger partial charge is 0.328 e. The van der Waals surface area contributed by atoms with E-state index in [0.29, 0.717) is 37.5 Å². The summed E-state index contributed by atoms with van der Waals surface area (Å²) in [5.74, 6) is -0.0209. The van der Waals surface area contributed by atoms with E-state index in [0.717, 1.165) is 0 Å². The Morgan fingerprint density at radius 2 is 2.00 bits per heavy atom. The second-order valence-electron chi connectivity index (χ2n) is 4.34. The molecule has 0 aliphatic carbocycles. The number of hydrogen-bond donors (Lipinski definition) is 1. The Balaban J connectivity index is 2.47. The summed E-state index contributed by atoms with van der Waals surface area (Å²) in [7, 11) is 1.71. The van der Waals surface area contributed by atoms with Crippen LogP contribution in [0.1, 0.15) is 19.8 Å². The van der Waals surface area contributed by atoms with Crippen LogP contribution < -0.4 is 11.4 Å². The highest BCUT2D eigenvalue weighted by atomic mass is 32.1. The Kier molecular flexibility index (Phi) is 5.75. The SMILES string of the molecule is CCn1ccn(CCC(=O)N(C)CCC(N)=S)c1=O. The summed E-state index contributed by atoms with van der Waals surface area (Å²) in [6.45, 7) is 3.44. The molecule has 0 aliphatic heterocycles. The standard InChI is InChI=1S/C12H20N4O2S/c1-3-15-8-9-16(12(15)18)7-5-11(17)14(2)6-4-10(13)19/h8-9H,3-7H2,1-2H3,(H2,13,19). The molecule has 106 valence electrons. The lowest BCUT2D eigenvalue weighted by Crippen LogP contribution is -2.32. The van der Waals surface area contributed by atoms with E-state index in [9.17, 15) is 9.59 Å². The summed E-state index contributed by atoms with van der Waals surface area (Å²) in [6.07, 6.45) is 4.24. The van der Waals surface area contributed by atoms with Gasteiger partial charge in [0.05, 0.1) is 4.99 Å². The van der Waals surface area contributed by atoms with Gasteiger partial charge in [-0.2, -0.15) is 0 Å². The number of carbonyl (C=O) groups excluding carboxylic acids is 1. The van der Waals surface area contributed by atoms with E-state index in [1.165, 1.54) is 0 Å². The summed E-state index contributed by atoms with van der Waals surface area (Å²) >= 11 is 4.77. The molecule has 0 bridgehead atoms. The highest BCUT2D eigenvalue weighted by Gasteiger charge is 2.10. The zero-order valence-electron chi connectivity index (χ0n) is 11.3. The van der Waals surface area contributed by atoms with Gasteiger partial charge in [-0.05, 0) is 6.92 Å². The van der Waals surface area contributed by atoms with Gasteiger partial charge in [-0.25, -0.2) is 4.79 Å². The minimum Gasteiger partial charge on any atom is -0.393 e. The maximum Gasteiger partial charge on any atom is 0.328 e. The van der Waals surface area contributed by atoms with E-state index in [1.807, 2.05) is 6.92 Å². The van der Waals surface area contributed by atoms with E-state index >= 15 is 0 Å². The topological polar surface area (TPSA) is 73.3 Å². The van der Waals surface area contributed by atoms with E-state index in [-0.39, 0.29) is 11.6 Å². The molecule has 0 unspecified atom stereocenters. The Morgan fingerprint density at radius 3 is 2.53 bits per heavy atom. The van der Waals surface area contributed by atoms with Crippen LogP contribution in [0.3, 0.4) is 0 Å². The van der Waals surface area contributed by atoms with Crippen LogP contribution in [-0.4, -0.2) is 38.5 Å². The normalized spacial score (nSPS) is 10.4. The molecule has 0 radical (unpaired) electrons. The number of nitrogens with two attached hydrogens (primary N) is 1. The maximum atomic E-state index is 11.8. The fourth-order valence-corrected chi connectivity index (χ4v) is 1.77. The Labute approximate surface area is 117 Å². The van der Waals surface area contributed by atoms with Crippen molar-refractivity contribution in [3.05, 3.63) is 22.9 Å². The van der Waals surface area contributed by atoms with Crippen LogP contribution in [0.15, 0.2) is 17.2 Å². The molecule has 1 rings (SSSR count). The third-order valence-corrected chi connectivity index (χ3v) is 3.15. The zero-order chi connectivity index (χ0) is 14.4. The summed E-state index contributed by atoms with van der Waals surface area (Å²) in [4.78, 5) is 25.6. The van der Waals surface area contributed by atoms with Crippen LogP contribution >= 0.6 is 12.2 Å². The molecule has 19 heavy (non-hydrogen) atoms. The van der Waals surface area contributed by atoms with E-state index in [1.54, 1.807) is 33.5 Å². The average molecular weight is 284 g/mol. The number of amides is 1. The molecule has 0 fully saturated rings. The van der Waals surface area contributed by atoms with Crippen LogP contribution in [-0.2, 0) is 17.9 Å². The quantitative estimate of drug-likeness (QED) is 0.726. The second-order valence-corrected chi connectivity index (χ2v) is 4.87. The summed E-state index contributed by atoms with van der Waals surface area (Å²) in [5.41, 5.74) is 5.31. The van der Waals surface area contributed by atoms with Crippen molar-refractivity contribution in [2.24, 2.45) is 5.73 Å². The molecule has 0 atom stereocenters. The van der Waals surface area contributed by atoms with Crippen LogP contribution in [0.4, 0.5) is 0 Å². The van der Waals surface area contributed by atoms with Crippen LogP contribution in [0.2, 0.25) is 0 Å². The predicted octanol–water partition coefficient (Wildman–Crippen LogP) is 0.194. The second kappa shape index (κ2) is 7.08.